The number of carbonyl (C=O) groups is 2. The van der Waals surface area contributed by atoms with E-state index in [1.54, 1.807) is 24.4 Å². The van der Waals surface area contributed by atoms with Crippen LogP contribution in [0.5, 0.6) is 5.75 Å². The van der Waals surface area contributed by atoms with Crippen molar-refractivity contribution >= 4 is 34.8 Å². The van der Waals surface area contributed by atoms with Crippen molar-refractivity contribution in [1.82, 2.24) is 9.88 Å². The molecule has 41 heavy (non-hydrogen) atoms. The zero-order chi connectivity index (χ0) is 28.9. The van der Waals surface area contributed by atoms with Crippen molar-refractivity contribution < 1.29 is 24.9 Å². The van der Waals surface area contributed by atoms with Gasteiger partial charge in [0.15, 0.2) is 0 Å². The number of aliphatic hydroxyl groups is 2. The van der Waals surface area contributed by atoms with Gasteiger partial charge in [-0.3, -0.25) is 19.5 Å². The number of nitrogens with zero attached hydrogens (tertiary/aromatic N) is 2. The monoisotopic (exact) mass is 572 g/mol. The Morgan fingerprint density at radius 2 is 2.00 bits per heavy atom. The van der Waals surface area contributed by atoms with Crippen LogP contribution < -0.4 is 0 Å². The summed E-state index contributed by atoms with van der Waals surface area (Å²) in [6, 6.07) is 16.4. The van der Waals surface area contributed by atoms with Crippen LogP contribution in [-0.4, -0.2) is 49.7 Å². The van der Waals surface area contributed by atoms with E-state index in [9.17, 15) is 24.9 Å². The van der Waals surface area contributed by atoms with Gasteiger partial charge in [0.1, 0.15) is 5.75 Å². The lowest BCUT2D eigenvalue weighted by molar-refractivity contribution is -0.140. The number of benzene rings is 1. The molecule has 214 valence electrons. The predicted octanol–water partition coefficient (Wildman–Crippen LogP) is 5.44. The molecule has 2 aromatic heterocycles. The second kappa shape index (κ2) is 12.9. The van der Waals surface area contributed by atoms with Gasteiger partial charge in [-0.1, -0.05) is 43.2 Å². The number of hydrogen-bond acceptors (Lipinski definition) is 7. The third-order valence-corrected chi connectivity index (χ3v) is 9.03. The highest BCUT2D eigenvalue weighted by atomic mass is 32.1. The van der Waals surface area contributed by atoms with Crippen LogP contribution in [0.25, 0.3) is 11.6 Å². The van der Waals surface area contributed by atoms with E-state index in [1.807, 2.05) is 47.9 Å². The first-order chi connectivity index (χ1) is 19.9. The lowest BCUT2D eigenvalue weighted by Gasteiger charge is -2.36. The van der Waals surface area contributed by atoms with E-state index < -0.39 is 23.9 Å². The van der Waals surface area contributed by atoms with Crippen LogP contribution in [0.15, 0.2) is 77.3 Å². The third-order valence-electron chi connectivity index (χ3n) is 8.17. The molecule has 1 aliphatic heterocycles. The Morgan fingerprint density at radius 3 is 2.68 bits per heavy atom. The van der Waals surface area contributed by atoms with E-state index in [0.717, 1.165) is 33.7 Å². The average molecular weight is 573 g/mol. The minimum absolute atomic E-state index is 0.167. The van der Waals surface area contributed by atoms with Crippen molar-refractivity contribution in [3.05, 3.63) is 93.5 Å². The Labute approximate surface area is 244 Å². The van der Waals surface area contributed by atoms with Crippen molar-refractivity contribution in [2.24, 2.45) is 17.8 Å². The fourth-order valence-corrected chi connectivity index (χ4v) is 7.06. The Kier molecular flexibility index (Phi) is 9.12. The first kappa shape index (κ1) is 28.9. The van der Waals surface area contributed by atoms with Gasteiger partial charge in [-0.05, 0) is 84.2 Å². The number of hydrogen-bond donors (Lipinski definition) is 3. The molecule has 4 atom stereocenters. The summed E-state index contributed by atoms with van der Waals surface area (Å²) in [5.74, 6) is -2.06. The van der Waals surface area contributed by atoms with Crippen molar-refractivity contribution in [2.45, 2.75) is 51.7 Å². The number of allylic oxidation sites excluding steroid dienone is 2. The van der Waals surface area contributed by atoms with E-state index in [0.29, 0.717) is 31.3 Å². The molecule has 3 heterocycles. The summed E-state index contributed by atoms with van der Waals surface area (Å²) < 4.78 is 0. The smallest absolute Gasteiger partial charge is 0.234 e. The van der Waals surface area contributed by atoms with Crippen LogP contribution >= 0.6 is 11.3 Å². The highest BCUT2D eigenvalue weighted by Crippen LogP contribution is 2.47. The van der Waals surface area contributed by atoms with Gasteiger partial charge in [0.25, 0.3) is 0 Å². The third kappa shape index (κ3) is 6.20. The lowest BCUT2D eigenvalue weighted by Crippen LogP contribution is -2.39. The molecule has 0 bridgehead atoms. The topological polar surface area (TPSA) is 111 Å². The number of carbonyl (C=O) groups excluding carboxylic acids is 2. The van der Waals surface area contributed by atoms with Crippen LogP contribution in [0.4, 0.5) is 0 Å². The van der Waals surface area contributed by atoms with E-state index in [-0.39, 0.29) is 30.7 Å². The summed E-state index contributed by atoms with van der Waals surface area (Å²) in [6.45, 7) is 1.99. The molecular formula is C33H36N2O5S. The number of pyridine rings is 1. The number of phenolic OH excluding ortho intramolecular Hbond substituents is 1. The minimum atomic E-state index is -0.889. The molecule has 3 aromatic rings. The van der Waals surface area contributed by atoms with Gasteiger partial charge in [-0.2, -0.15) is 0 Å². The molecular weight excluding hydrogens is 536 g/mol. The maximum Gasteiger partial charge on any atom is 0.234 e. The highest BCUT2D eigenvalue weighted by molar-refractivity contribution is 7.09. The molecule has 1 saturated heterocycles. The molecule has 0 spiro atoms. The van der Waals surface area contributed by atoms with Crippen LogP contribution in [0.3, 0.4) is 0 Å². The number of thiophene rings is 1. The molecule has 8 heteroatoms. The second-order valence-electron chi connectivity index (χ2n) is 10.8. The number of likely N-dealkylation sites (tertiary alicyclic amines) is 1. The maximum absolute atomic E-state index is 13.6. The first-order valence-electron chi connectivity index (χ1n) is 14.2. The van der Waals surface area contributed by atoms with Gasteiger partial charge in [0, 0.05) is 17.0 Å². The molecule has 1 fully saturated rings. The quantitative estimate of drug-likeness (QED) is 0.208. The largest absolute Gasteiger partial charge is 0.508 e. The zero-order valence-electron chi connectivity index (χ0n) is 23.1. The summed E-state index contributed by atoms with van der Waals surface area (Å²) in [7, 11) is 0. The van der Waals surface area contributed by atoms with Crippen LogP contribution in [0.1, 0.15) is 55.2 Å². The fraction of sp³-hybridized carbons (Fsp3) is 0.364. The molecule has 0 saturated carbocycles. The van der Waals surface area contributed by atoms with Crippen molar-refractivity contribution in [2.75, 3.05) is 6.61 Å². The van der Waals surface area contributed by atoms with Crippen LogP contribution in [0, 0.1) is 17.8 Å². The Bertz CT molecular complexity index is 1430. The van der Waals surface area contributed by atoms with Crippen molar-refractivity contribution in [3.8, 4) is 5.75 Å². The minimum Gasteiger partial charge on any atom is -0.508 e. The fourth-order valence-electron chi connectivity index (χ4n) is 6.37. The number of phenols is 1. The molecule has 5 rings (SSSR count). The number of rotatable bonds is 11. The number of aromatic nitrogens is 1. The maximum atomic E-state index is 13.6. The van der Waals surface area contributed by atoms with Crippen molar-refractivity contribution in [1.29, 1.82) is 0 Å². The lowest BCUT2D eigenvalue weighted by atomic mass is 9.67. The molecule has 2 amide bonds. The molecule has 7 nitrogen and oxygen atoms in total. The Balaban J connectivity index is 1.42. The van der Waals surface area contributed by atoms with Crippen LogP contribution in [-0.2, 0) is 16.1 Å². The van der Waals surface area contributed by atoms with Crippen LogP contribution in [0.2, 0.25) is 0 Å². The number of aliphatic hydroxyl groups excluding tert-OH is 2. The molecule has 2 aliphatic rings. The van der Waals surface area contributed by atoms with Gasteiger partial charge < -0.3 is 15.3 Å². The SMILES string of the molecule is CCCC1=C([C@H](O)CC/C(=C/c2cccc(O)c2)c2ccccn2)[C@H](CO)[C@@H]2C(=O)N(Cc3cccs3)C(=O)[C@@H]2C1. The van der Waals surface area contributed by atoms with Gasteiger partial charge in [-0.15, -0.1) is 11.3 Å². The zero-order valence-corrected chi connectivity index (χ0v) is 24.0. The summed E-state index contributed by atoms with van der Waals surface area (Å²) in [5, 5.41) is 34.1. The molecule has 1 aliphatic carbocycles. The Hall–Kier alpha value is -3.59. The van der Waals surface area contributed by atoms with E-state index in [1.165, 1.54) is 16.2 Å². The highest BCUT2D eigenvalue weighted by Gasteiger charge is 2.54. The van der Waals surface area contributed by atoms with E-state index in [4.69, 9.17) is 0 Å². The number of aromatic hydroxyl groups is 1. The molecule has 0 unspecified atom stereocenters. The normalized spacial score (nSPS) is 21.9. The molecule has 1 aromatic carbocycles. The number of fused-ring (bicyclic) bond motifs is 1. The number of imide groups is 1. The molecule has 0 radical (unpaired) electrons. The average Bonchev–Trinajstić information content (AvgIpc) is 3.58. The van der Waals surface area contributed by atoms with Gasteiger partial charge in [-0.25, -0.2) is 0 Å². The number of amides is 2. The standard InChI is InChI=1S/C33H36N2O5S/c1-2-7-23-18-26-31(33(40)35(32(26)39)19-25-10-6-15-41-25)27(20-36)30(23)29(38)13-12-22(28-11-3-4-14-34-28)16-21-8-5-9-24(37)17-21/h3-6,8-11,14-17,26-27,29,31,36-38H,2,7,12-13,18-20H2,1H3/b22-16-/t26-,27+,29-,31-/m1/s1. The Morgan fingerprint density at radius 1 is 1.15 bits per heavy atom. The van der Waals surface area contributed by atoms with Crippen molar-refractivity contribution in [3.63, 3.8) is 0 Å². The molecule has 3 N–H and O–H groups in total. The van der Waals surface area contributed by atoms with Gasteiger partial charge in [0.05, 0.1) is 36.8 Å². The summed E-state index contributed by atoms with van der Waals surface area (Å²) >= 11 is 1.51. The van der Waals surface area contributed by atoms with Gasteiger partial charge >= 0.3 is 0 Å². The predicted molar refractivity (Wildman–Crippen MR) is 159 cm³/mol. The first-order valence-corrected chi connectivity index (χ1v) is 15.1. The second-order valence-corrected chi connectivity index (χ2v) is 11.8. The van der Waals surface area contributed by atoms with Gasteiger partial charge in [0.2, 0.25) is 11.8 Å². The summed E-state index contributed by atoms with van der Waals surface area (Å²) in [4.78, 5) is 33.9. The van der Waals surface area contributed by atoms with E-state index >= 15 is 0 Å². The summed E-state index contributed by atoms with van der Waals surface area (Å²) in [5.41, 5.74) is 4.19. The van der Waals surface area contributed by atoms with E-state index in [2.05, 4.69) is 11.9 Å². The summed E-state index contributed by atoms with van der Waals surface area (Å²) in [6.07, 6.45) is 5.59.